The van der Waals surface area contributed by atoms with E-state index in [0.717, 1.165) is 13.0 Å². The zero-order valence-electron chi connectivity index (χ0n) is 9.69. The lowest BCUT2D eigenvalue weighted by molar-refractivity contribution is 0.198. The Hall–Kier alpha value is -1.56. The maximum atomic E-state index is 5.84. The first kappa shape index (κ1) is 12.5. The van der Waals surface area contributed by atoms with Gasteiger partial charge in [-0.05, 0) is 13.3 Å². The van der Waals surface area contributed by atoms with Gasteiger partial charge in [0, 0.05) is 20.3 Å². The lowest BCUT2D eigenvalue weighted by Gasteiger charge is -2.10. The van der Waals surface area contributed by atoms with Gasteiger partial charge in [-0.2, -0.15) is 4.98 Å². The van der Waals surface area contributed by atoms with Crippen LogP contribution in [0.5, 0.6) is 5.88 Å². The molecule has 0 saturated carbocycles. The second-order valence-corrected chi connectivity index (χ2v) is 3.15. The minimum atomic E-state index is 0.423. The van der Waals surface area contributed by atoms with Crippen LogP contribution in [0.3, 0.4) is 0 Å². The molecule has 1 rings (SSSR count). The quantitative estimate of drug-likeness (QED) is 0.672. The van der Waals surface area contributed by atoms with Crippen molar-refractivity contribution in [2.24, 2.45) is 0 Å². The summed E-state index contributed by atoms with van der Waals surface area (Å²) in [4.78, 5) is 8.00. The van der Waals surface area contributed by atoms with E-state index in [1.807, 2.05) is 6.92 Å². The molecule has 0 atom stereocenters. The number of hydrogen-bond donors (Lipinski definition) is 2. The third-order valence-corrected chi connectivity index (χ3v) is 1.95. The largest absolute Gasteiger partial charge is 0.476 e. The lowest BCUT2D eigenvalue weighted by atomic mass is 10.4. The molecule has 0 aliphatic heterocycles. The number of nitrogens with one attached hydrogen (secondary N) is 1. The van der Waals surface area contributed by atoms with Crippen molar-refractivity contribution in [1.29, 1.82) is 0 Å². The molecule has 0 saturated heterocycles. The fraction of sp³-hybridized carbons (Fsp3) is 0.600. The standard InChI is InChI=1S/C10H18N4O2/c1-3-16-10-8(11)9(13-7-14-10)12-5-4-6-15-2/h7H,3-6,11H2,1-2H3,(H,12,13,14). The van der Waals surface area contributed by atoms with Gasteiger partial charge < -0.3 is 20.5 Å². The SMILES string of the molecule is CCOc1ncnc(NCCCOC)c1N. The van der Waals surface area contributed by atoms with Crippen LogP contribution in [0.2, 0.25) is 0 Å². The van der Waals surface area contributed by atoms with E-state index in [1.54, 1.807) is 7.11 Å². The summed E-state index contributed by atoms with van der Waals surface area (Å²) in [6.45, 7) is 3.87. The Morgan fingerprint density at radius 2 is 2.25 bits per heavy atom. The van der Waals surface area contributed by atoms with Gasteiger partial charge in [-0.1, -0.05) is 0 Å². The lowest BCUT2D eigenvalue weighted by Crippen LogP contribution is -2.10. The highest BCUT2D eigenvalue weighted by atomic mass is 16.5. The summed E-state index contributed by atoms with van der Waals surface area (Å²) < 4.78 is 10.2. The van der Waals surface area contributed by atoms with Crippen LogP contribution in [-0.2, 0) is 4.74 Å². The molecule has 16 heavy (non-hydrogen) atoms. The Bertz CT molecular complexity index is 320. The number of rotatable bonds is 7. The fourth-order valence-electron chi connectivity index (χ4n) is 1.20. The van der Waals surface area contributed by atoms with Gasteiger partial charge in [0.15, 0.2) is 5.82 Å². The summed E-state index contributed by atoms with van der Waals surface area (Å²) in [5, 5.41) is 3.11. The van der Waals surface area contributed by atoms with Gasteiger partial charge in [0.1, 0.15) is 12.0 Å². The van der Waals surface area contributed by atoms with E-state index in [4.69, 9.17) is 15.2 Å². The maximum Gasteiger partial charge on any atom is 0.242 e. The third kappa shape index (κ3) is 3.54. The molecule has 3 N–H and O–H groups in total. The number of ether oxygens (including phenoxy) is 2. The molecule has 0 radical (unpaired) electrons. The van der Waals surface area contributed by atoms with E-state index in [0.29, 0.717) is 30.6 Å². The number of nitrogens with zero attached hydrogens (tertiary/aromatic N) is 2. The summed E-state index contributed by atoms with van der Waals surface area (Å²) in [6, 6.07) is 0. The first-order valence-corrected chi connectivity index (χ1v) is 5.25. The van der Waals surface area contributed by atoms with Crippen molar-refractivity contribution >= 4 is 11.5 Å². The normalized spacial score (nSPS) is 10.1. The van der Waals surface area contributed by atoms with Crippen molar-refractivity contribution in [2.75, 3.05) is 37.9 Å². The highest BCUT2D eigenvalue weighted by molar-refractivity contribution is 5.66. The van der Waals surface area contributed by atoms with E-state index in [9.17, 15) is 0 Å². The number of methoxy groups -OCH3 is 1. The molecule has 6 heteroatoms. The first-order chi connectivity index (χ1) is 7.79. The average molecular weight is 226 g/mol. The van der Waals surface area contributed by atoms with Crippen molar-refractivity contribution in [3.8, 4) is 5.88 Å². The molecule has 1 aromatic heterocycles. The molecule has 1 heterocycles. The number of hydrogen-bond acceptors (Lipinski definition) is 6. The monoisotopic (exact) mass is 226 g/mol. The van der Waals surface area contributed by atoms with Crippen LogP contribution in [-0.4, -0.2) is 36.8 Å². The predicted molar refractivity (Wildman–Crippen MR) is 62.6 cm³/mol. The van der Waals surface area contributed by atoms with Crippen molar-refractivity contribution in [2.45, 2.75) is 13.3 Å². The molecule has 0 unspecified atom stereocenters. The Balaban J connectivity index is 2.55. The minimum absolute atomic E-state index is 0.423. The molecule has 0 spiro atoms. The van der Waals surface area contributed by atoms with Crippen molar-refractivity contribution in [3.05, 3.63) is 6.33 Å². The van der Waals surface area contributed by atoms with Crippen LogP contribution in [0.1, 0.15) is 13.3 Å². The highest BCUT2D eigenvalue weighted by Crippen LogP contribution is 2.24. The van der Waals surface area contributed by atoms with E-state index < -0.39 is 0 Å². The Labute approximate surface area is 95.2 Å². The predicted octanol–water partition coefficient (Wildman–Crippen LogP) is 0.906. The van der Waals surface area contributed by atoms with Crippen LogP contribution in [0, 0.1) is 0 Å². The zero-order valence-corrected chi connectivity index (χ0v) is 9.69. The fourth-order valence-corrected chi connectivity index (χ4v) is 1.20. The molecule has 0 aromatic carbocycles. The van der Waals surface area contributed by atoms with Crippen molar-refractivity contribution in [1.82, 2.24) is 9.97 Å². The Morgan fingerprint density at radius 1 is 1.44 bits per heavy atom. The van der Waals surface area contributed by atoms with Crippen LogP contribution in [0.4, 0.5) is 11.5 Å². The van der Waals surface area contributed by atoms with Crippen LogP contribution in [0.15, 0.2) is 6.33 Å². The molecule has 0 aliphatic rings. The molecule has 1 aromatic rings. The summed E-state index contributed by atoms with van der Waals surface area (Å²) in [6.07, 6.45) is 2.32. The van der Waals surface area contributed by atoms with Crippen molar-refractivity contribution in [3.63, 3.8) is 0 Å². The number of aromatic nitrogens is 2. The molecule has 0 bridgehead atoms. The molecule has 0 fully saturated rings. The number of nitrogens with two attached hydrogens (primary N) is 1. The minimum Gasteiger partial charge on any atom is -0.476 e. The number of nitrogen functional groups attached to an aromatic ring is 1. The van der Waals surface area contributed by atoms with Gasteiger partial charge in [-0.3, -0.25) is 0 Å². The van der Waals surface area contributed by atoms with E-state index in [1.165, 1.54) is 6.33 Å². The first-order valence-electron chi connectivity index (χ1n) is 5.25. The van der Waals surface area contributed by atoms with E-state index in [-0.39, 0.29) is 0 Å². The number of anilines is 2. The smallest absolute Gasteiger partial charge is 0.242 e. The summed E-state index contributed by atoms with van der Waals surface area (Å²) in [5.74, 6) is 1.03. The third-order valence-electron chi connectivity index (χ3n) is 1.95. The second-order valence-electron chi connectivity index (χ2n) is 3.15. The molecular formula is C10H18N4O2. The van der Waals surface area contributed by atoms with Gasteiger partial charge in [0.05, 0.1) is 6.61 Å². The average Bonchev–Trinajstić information content (AvgIpc) is 2.29. The van der Waals surface area contributed by atoms with Gasteiger partial charge in [-0.15, -0.1) is 0 Å². The second kappa shape index (κ2) is 6.84. The molecule has 90 valence electrons. The van der Waals surface area contributed by atoms with E-state index in [2.05, 4.69) is 15.3 Å². The molecule has 6 nitrogen and oxygen atoms in total. The van der Waals surface area contributed by atoms with Gasteiger partial charge in [0.2, 0.25) is 5.88 Å². The Morgan fingerprint density at radius 3 is 2.94 bits per heavy atom. The van der Waals surface area contributed by atoms with Gasteiger partial charge in [0.25, 0.3) is 0 Å². The topological polar surface area (TPSA) is 82.3 Å². The molecule has 0 amide bonds. The summed E-state index contributed by atoms with van der Waals surface area (Å²) in [7, 11) is 1.67. The zero-order chi connectivity index (χ0) is 11.8. The molecule has 0 aliphatic carbocycles. The van der Waals surface area contributed by atoms with Crippen LogP contribution < -0.4 is 15.8 Å². The van der Waals surface area contributed by atoms with Gasteiger partial charge in [-0.25, -0.2) is 4.98 Å². The van der Waals surface area contributed by atoms with Gasteiger partial charge >= 0.3 is 0 Å². The molecular weight excluding hydrogens is 208 g/mol. The Kier molecular flexibility index (Phi) is 5.35. The highest BCUT2D eigenvalue weighted by Gasteiger charge is 2.07. The van der Waals surface area contributed by atoms with Crippen LogP contribution >= 0.6 is 0 Å². The van der Waals surface area contributed by atoms with Crippen LogP contribution in [0.25, 0.3) is 0 Å². The summed E-state index contributed by atoms with van der Waals surface area (Å²) >= 11 is 0. The summed E-state index contributed by atoms with van der Waals surface area (Å²) in [5.41, 5.74) is 6.29. The maximum absolute atomic E-state index is 5.84. The van der Waals surface area contributed by atoms with Crippen molar-refractivity contribution < 1.29 is 9.47 Å². The van der Waals surface area contributed by atoms with E-state index >= 15 is 0 Å².